The highest BCUT2D eigenvalue weighted by Crippen LogP contribution is 2.11. The van der Waals surface area contributed by atoms with Crippen molar-refractivity contribution in [3.63, 3.8) is 0 Å². The number of rotatable bonds is 6. The van der Waals surface area contributed by atoms with E-state index in [1.54, 1.807) is 13.3 Å². The Morgan fingerprint density at radius 3 is 3.05 bits per heavy atom. The van der Waals surface area contributed by atoms with Crippen molar-refractivity contribution in [2.24, 2.45) is 5.73 Å². The number of hydrogen-bond donors (Lipinski definition) is 2. The molecule has 2 aromatic rings. The molecule has 7 nitrogen and oxygen atoms in total. The fraction of sp³-hybridized carbons (Fsp3) is 0.308. The second-order valence-corrected chi connectivity index (χ2v) is 4.29. The van der Waals surface area contributed by atoms with Crippen LogP contribution >= 0.6 is 0 Å². The Labute approximate surface area is 116 Å². The highest BCUT2D eigenvalue weighted by molar-refractivity contribution is 5.90. The summed E-state index contributed by atoms with van der Waals surface area (Å²) in [5, 5.41) is 10.4. The number of carbonyl (C=O) groups excluding carboxylic acids is 1. The second kappa shape index (κ2) is 6.78. The van der Waals surface area contributed by atoms with Gasteiger partial charge >= 0.3 is 0 Å². The molecule has 1 amide bonds. The van der Waals surface area contributed by atoms with Crippen molar-refractivity contribution in [3.8, 4) is 0 Å². The standard InChI is InChI=1S/C13H17N5O2/c1-20-9-10-3-2-4-11(5-10)15-13(19)8-18-7-12(6-14)16-17-18/h2-5,7H,6,8-9,14H2,1H3,(H,15,19). The van der Waals surface area contributed by atoms with Gasteiger partial charge in [0, 0.05) is 19.3 Å². The number of hydrogen-bond acceptors (Lipinski definition) is 5. The van der Waals surface area contributed by atoms with Crippen LogP contribution in [-0.4, -0.2) is 28.0 Å². The van der Waals surface area contributed by atoms with E-state index in [4.69, 9.17) is 10.5 Å². The van der Waals surface area contributed by atoms with Gasteiger partial charge < -0.3 is 15.8 Å². The van der Waals surface area contributed by atoms with E-state index < -0.39 is 0 Å². The van der Waals surface area contributed by atoms with Crippen molar-refractivity contribution in [1.29, 1.82) is 0 Å². The first-order chi connectivity index (χ1) is 9.71. The van der Waals surface area contributed by atoms with Crippen LogP contribution in [-0.2, 0) is 29.2 Å². The zero-order chi connectivity index (χ0) is 14.4. The highest BCUT2D eigenvalue weighted by atomic mass is 16.5. The maximum atomic E-state index is 11.9. The summed E-state index contributed by atoms with van der Waals surface area (Å²) < 4.78 is 6.51. The fourth-order valence-corrected chi connectivity index (χ4v) is 1.76. The average molecular weight is 275 g/mol. The number of methoxy groups -OCH3 is 1. The van der Waals surface area contributed by atoms with Gasteiger partial charge in [0.1, 0.15) is 6.54 Å². The molecule has 106 valence electrons. The molecule has 0 atom stereocenters. The van der Waals surface area contributed by atoms with E-state index in [1.807, 2.05) is 24.3 Å². The molecule has 0 unspecified atom stereocenters. The molecule has 3 N–H and O–H groups in total. The van der Waals surface area contributed by atoms with E-state index in [0.29, 0.717) is 18.8 Å². The zero-order valence-electron chi connectivity index (χ0n) is 11.2. The van der Waals surface area contributed by atoms with E-state index in [2.05, 4.69) is 15.6 Å². The monoisotopic (exact) mass is 275 g/mol. The molecule has 0 bridgehead atoms. The normalized spacial score (nSPS) is 10.5. The van der Waals surface area contributed by atoms with Crippen LogP contribution < -0.4 is 11.1 Å². The molecule has 1 aromatic heterocycles. The Hall–Kier alpha value is -2.25. The summed E-state index contributed by atoms with van der Waals surface area (Å²) in [7, 11) is 1.63. The third kappa shape index (κ3) is 3.87. The summed E-state index contributed by atoms with van der Waals surface area (Å²) in [6, 6.07) is 7.49. The number of benzene rings is 1. The van der Waals surface area contributed by atoms with Crippen LogP contribution in [0.3, 0.4) is 0 Å². The van der Waals surface area contributed by atoms with Crippen LogP contribution in [0.1, 0.15) is 11.3 Å². The molecule has 0 saturated heterocycles. The number of nitrogens with zero attached hydrogens (tertiary/aromatic N) is 3. The average Bonchev–Trinajstić information content (AvgIpc) is 2.87. The number of aromatic nitrogens is 3. The van der Waals surface area contributed by atoms with Gasteiger partial charge in [-0.05, 0) is 17.7 Å². The molecule has 1 heterocycles. The van der Waals surface area contributed by atoms with Gasteiger partial charge in [-0.15, -0.1) is 5.10 Å². The Morgan fingerprint density at radius 1 is 1.50 bits per heavy atom. The van der Waals surface area contributed by atoms with Crippen molar-refractivity contribution < 1.29 is 9.53 Å². The van der Waals surface area contributed by atoms with Crippen LogP contribution in [0.4, 0.5) is 5.69 Å². The topological polar surface area (TPSA) is 95.1 Å². The van der Waals surface area contributed by atoms with E-state index in [-0.39, 0.29) is 12.5 Å². The Kier molecular flexibility index (Phi) is 4.80. The summed E-state index contributed by atoms with van der Waals surface area (Å²) in [4.78, 5) is 11.9. The number of nitrogens with one attached hydrogen (secondary N) is 1. The Bertz CT molecular complexity index is 582. The van der Waals surface area contributed by atoms with Gasteiger partial charge in [-0.25, -0.2) is 4.68 Å². The van der Waals surface area contributed by atoms with E-state index in [1.165, 1.54) is 4.68 Å². The largest absolute Gasteiger partial charge is 0.380 e. The molecular formula is C13H17N5O2. The molecule has 1 aromatic carbocycles. The van der Waals surface area contributed by atoms with Crippen LogP contribution in [0.2, 0.25) is 0 Å². The molecule has 0 aliphatic rings. The van der Waals surface area contributed by atoms with Crippen molar-refractivity contribution in [2.45, 2.75) is 19.7 Å². The zero-order valence-corrected chi connectivity index (χ0v) is 11.2. The minimum atomic E-state index is -0.173. The molecule has 20 heavy (non-hydrogen) atoms. The smallest absolute Gasteiger partial charge is 0.246 e. The fourth-order valence-electron chi connectivity index (χ4n) is 1.76. The predicted octanol–water partition coefficient (Wildman–Crippen LogP) is 0.522. The van der Waals surface area contributed by atoms with Gasteiger partial charge in [0.05, 0.1) is 18.5 Å². The second-order valence-electron chi connectivity index (χ2n) is 4.29. The molecule has 0 saturated carbocycles. The minimum absolute atomic E-state index is 0.0987. The highest BCUT2D eigenvalue weighted by Gasteiger charge is 2.06. The lowest BCUT2D eigenvalue weighted by Gasteiger charge is -2.07. The van der Waals surface area contributed by atoms with E-state index in [0.717, 1.165) is 11.3 Å². The molecule has 0 aliphatic heterocycles. The van der Waals surface area contributed by atoms with E-state index >= 15 is 0 Å². The number of ether oxygens (including phenoxy) is 1. The summed E-state index contributed by atoms with van der Waals surface area (Å²) >= 11 is 0. The van der Waals surface area contributed by atoms with Gasteiger partial charge in [-0.1, -0.05) is 17.3 Å². The molecular weight excluding hydrogens is 258 g/mol. The number of amides is 1. The molecule has 0 spiro atoms. The number of anilines is 1. The molecule has 7 heteroatoms. The first-order valence-corrected chi connectivity index (χ1v) is 6.18. The lowest BCUT2D eigenvalue weighted by atomic mass is 10.2. The maximum absolute atomic E-state index is 11.9. The van der Waals surface area contributed by atoms with Crippen LogP contribution in [0, 0.1) is 0 Å². The minimum Gasteiger partial charge on any atom is -0.380 e. The third-order valence-electron chi connectivity index (χ3n) is 2.62. The third-order valence-corrected chi connectivity index (χ3v) is 2.62. The van der Waals surface area contributed by atoms with Crippen LogP contribution in [0.15, 0.2) is 30.5 Å². The summed E-state index contributed by atoms with van der Waals surface area (Å²) in [6.07, 6.45) is 1.65. The molecule has 2 rings (SSSR count). The van der Waals surface area contributed by atoms with Gasteiger partial charge in [0.15, 0.2) is 0 Å². The lowest BCUT2D eigenvalue weighted by Crippen LogP contribution is -2.19. The first-order valence-electron chi connectivity index (χ1n) is 6.18. The summed E-state index contributed by atoms with van der Waals surface area (Å²) in [5.74, 6) is -0.173. The molecule has 0 radical (unpaired) electrons. The van der Waals surface area contributed by atoms with Crippen molar-refractivity contribution >= 4 is 11.6 Å². The SMILES string of the molecule is COCc1cccc(NC(=O)Cn2cc(CN)nn2)c1. The summed E-state index contributed by atoms with van der Waals surface area (Å²) in [5.41, 5.74) is 7.81. The quantitative estimate of drug-likeness (QED) is 0.801. The van der Waals surface area contributed by atoms with Crippen LogP contribution in [0.25, 0.3) is 0 Å². The van der Waals surface area contributed by atoms with Crippen molar-refractivity contribution in [3.05, 3.63) is 41.7 Å². The van der Waals surface area contributed by atoms with Gasteiger partial charge in [0.2, 0.25) is 5.91 Å². The predicted molar refractivity (Wildman–Crippen MR) is 73.7 cm³/mol. The molecule has 0 fully saturated rings. The van der Waals surface area contributed by atoms with Gasteiger partial charge in [-0.3, -0.25) is 4.79 Å². The van der Waals surface area contributed by atoms with E-state index in [9.17, 15) is 4.79 Å². The maximum Gasteiger partial charge on any atom is 0.246 e. The van der Waals surface area contributed by atoms with Crippen LogP contribution in [0.5, 0.6) is 0 Å². The van der Waals surface area contributed by atoms with Crippen molar-refractivity contribution in [2.75, 3.05) is 12.4 Å². The van der Waals surface area contributed by atoms with Gasteiger partial charge in [0.25, 0.3) is 0 Å². The first kappa shape index (κ1) is 14.2. The molecule has 0 aliphatic carbocycles. The van der Waals surface area contributed by atoms with Gasteiger partial charge in [-0.2, -0.15) is 0 Å². The summed E-state index contributed by atoms with van der Waals surface area (Å²) in [6.45, 7) is 0.912. The Morgan fingerprint density at radius 2 is 2.35 bits per heavy atom. The number of nitrogens with two attached hydrogens (primary N) is 1. The Balaban J connectivity index is 1.95. The van der Waals surface area contributed by atoms with Crippen molar-refractivity contribution in [1.82, 2.24) is 15.0 Å². The number of carbonyl (C=O) groups is 1. The lowest BCUT2D eigenvalue weighted by molar-refractivity contribution is -0.116.